The monoisotopic (exact) mass is 281 g/mol. The Hall–Kier alpha value is -2.95. The number of nitrogens with one attached hydrogen (secondary N) is 2. The van der Waals surface area contributed by atoms with Gasteiger partial charge in [0.05, 0.1) is 5.69 Å². The number of H-pyrrole nitrogens is 1. The maximum atomic E-state index is 13.0. The van der Waals surface area contributed by atoms with Crippen molar-refractivity contribution in [2.24, 2.45) is 0 Å². The van der Waals surface area contributed by atoms with Crippen molar-refractivity contribution < 1.29 is 9.18 Å². The van der Waals surface area contributed by atoms with Crippen molar-refractivity contribution in [1.29, 1.82) is 0 Å². The number of hydrogen-bond donors (Lipinski definition) is 2. The highest BCUT2D eigenvalue weighted by Gasteiger charge is 2.12. The Morgan fingerprint density at radius 3 is 2.38 bits per heavy atom. The third-order valence-electron chi connectivity index (χ3n) is 3.08. The Kier molecular flexibility index (Phi) is 3.47. The van der Waals surface area contributed by atoms with Gasteiger partial charge in [0.2, 0.25) is 6.41 Å². The topological polar surface area (TPSA) is 57.8 Å². The van der Waals surface area contributed by atoms with Gasteiger partial charge in [0.25, 0.3) is 0 Å². The molecule has 0 fully saturated rings. The number of rotatable bonds is 4. The minimum absolute atomic E-state index is 0.306. The highest BCUT2D eigenvalue weighted by atomic mass is 19.1. The quantitative estimate of drug-likeness (QED) is 0.720. The second-order valence-electron chi connectivity index (χ2n) is 4.44. The van der Waals surface area contributed by atoms with E-state index in [2.05, 4.69) is 15.3 Å². The van der Waals surface area contributed by atoms with Gasteiger partial charge in [-0.05, 0) is 24.3 Å². The lowest BCUT2D eigenvalue weighted by molar-refractivity contribution is -0.105. The maximum Gasteiger partial charge on any atom is 0.212 e. The van der Waals surface area contributed by atoms with E-state index in [9.17, 15) is 9.18 Å². The minimum atomic E-state index is -0.306. The molecule has 0 atom stereocenters. The first-order valence-corrected chi connectivity index (χ1v) is 6.39. The molecule has 2 N–H and O–H groups in total. The fraction of sp³-hybridized carbons (Fsp3) is 0. The summed E-state index contributed by atoms with van der Waals surface area (Å²) < 4.78 is 13.0. The molecule has 2 aromatic carbocycles. The van der Waals surface area contributed by atoms with Crippen LogP contribution in [-0.2, 0) is 4.79 Å². The largest absolute Gasteiger partial charge is 0.336 e. The van der Waals surface area contributed by atoms with Gasteiger partial charge in [-0.2, -0.15) is 0 Å². The summed E-state index contributed by atoms with van der Waals surface area (Å²) in [7, 11) is 0. The van der Waals surface area contributed by atoms with E-state index in [1.54, 1.807) is 12.1 Å². The molecule has 0 aliphatic rings. The molecule has 3 aromatic rings. The van der Waals surface area contributed by atoms with Crippen LogP contribution < -0.4 is 5.32 Å². The number of aromatic nitrogens is 2. The first kappa shape index (κ1) is 13.1. The lowest BCUT2D eigenvalue weighted by Gasteiger charge is -2.00. The first-order chi connectivity index (χ1) is 10.3. The summed E-state index contributed by atoms with van der Waals surface area (Å²) in [6, 6.07) is 15.5. The van der Waals surface area contributed by atoms with E-state index in [0.29, 0.717) is 23.7 Å². The van der Waals surface area contributed by atoms with Crippen LogP contribution in [0.5, 0.6) is 0 Å². The molecule has 0 unspecified atom stereocenters. The fourth-order valence-corrected chi connectivity index (χ4v) is 2.09. The maximum absolute atomic E-state index is 13.0. The number of halogens is 1. The van der Waals surface area contributed by atoms with E-state index in [4.69, 9.17) is 0 Å². The zero-order valence-corrected chi connectivity index (χ0v) is 11.0. The van der Waals surface area contributed by atoms with Gasteiger partial charge in [0.1, 0.15) is 11.6 Å². The van der Waals surface area contributed by atoms with Crippen molar-refractivity contribution in [3.05, 3.63) is 60.4 Å². The van der Waals surface area contributed by atoms with Crippen LogP contribution in [0.2, 0.25) is 0 Å². The molecule has 4 nitrogen and oxygen atoms in total. The number of hydrogen-bond acceptors (Lipinski definition) is 2. The Labute approximate surface area is 120 Å². The van der Waals surface area contributed by atoms with Crippen molar-refractivity contribution in [3.63, 3.8) is 0 Å². The lowest BCUT2D eigenvalue weighted by atomic mass is 10.1. The Morgan fingerprint density at radius 2 is 1.71 bits per heavy atom. The van der Waals surface area contributed by atoms with Gasteiger partial charge >= 0.3 is 0 Å². The van der Waals surface area contributed by atoms with Crippen LogP contribution in [0.4, 0.5) is 10.2 Å². The van der Waals surface area contributed by atoms with E-state index >= 15 is 0 Å². The predicted molar refractivity (Wildman–Crippen MR) is 79.1 cm³/mol. The van der Waals surface area contributed by atoms with Crippen molar-refractivity contribution in [2.45, 2.75) is 0 Å². The summed E-state index contributed by atoms with van der Waals surface area (Å²) >= 11 is 0. The van der Waals surface area contributed by atoms with Crippen LogP contribution in [0.25, 0.3) is 22.6 Å². The van der Waals surface area contributed by atoms with E-state index in [1.807, 2.05) is 30.3 Å². The molecule has 5 heteroatoms. The minimum Gasteiger partial charge on any atom is -0.336 e. The van der Waals surface area contributed by atoms with Gasteiger partial charge in [-0.15, -0.1) is 0 Å². The second kappa shape index (κ2) is 5.58. The molecule has 104 valence electrons. The summed E-state index contributed by atoms with van der Waals surface area (Å²) in [5.74, 6) is 0.702. The third-order valence-corrected chi connectivity index (χ3v) is 3.08. The van der Waals surface area contributed by atoms with Gasteiger partial charge in [-0.1, -0.05) is 30.3 Å². The third kappa shape index (κ3) is 2.67. The Balaban J connectivity index is 2.08. The first-order valence-electron chi connectivity index (χ1n) is 6.39. The number of amides is 1. The number of benzene rings is 2. The van der Waals surface area contributed by atoms with Crippen LogP contribution in [0.15, 0.2) is 54.6 Å². The van der Waals surface area contributed by atoms with Crippen LogP contribution in [-0.4, -0.2) is 16.4 Å². The molecule has 0 saturated heterocycles. The molecule has 0 spiro atoms. The zero-order valence-electron chi connectivity index (χ0n) is 11.0. The van der Waals surface area contributed by atoms with Gasteiger partial charge in [-0.25, -0.2) is 9.37 Å². The van der Waals surface area contributed by atoms with Crippen molar-refractivity contribution in [1.82, 2.24) is 9.97 Å². The molecule has 1 heterocycles. The SMILES string of the molecule is O=CNc1nc(-c2ccc(F)cc2)[nH]c1-c1ccccc1. The summed E-state index contributed by atoms with van der Waals surface area (Å²) in [6.07, 6.45) is 0.580. The van der Waals surface area contributed by atoms with E-state index in [1.165, 1.54) is 12.1 Å². The number of anilines is 1. The summed E-state index contributed by atoms with van der Waals surface area (Å²) in [6.45, 7) is 0. The molecule has 21 heavy (non-hydrogen) atoms. The number of imidazole rings is 1. The molecular weight excluding hydrogens is 269 g/mol. The number of nitrogens with zero attached hydrogens (tertiary/aromatic N) is 1. The van der Waals surface area contributed by atoms with E-state index < -0.39 is 0 Å². The molecular formula is C16H12FN3O. The average molecular weight is 281 g/mol. The highest BCUT2D eigenvalue weighted by molar-refractivity contribution is 5.82. The predicted octanol–water partition coefficient (Wildman–Crippen LogP) is 3.45. The fourth-order valence-electron chi connectivity index (χ4n) is 2.09. The number of carbonyl (C=O) groups excluding carboxylic acids is 1. The normalized spacial score (nSPS) is 10.3. The van der Waals surface area contributed by atoms with Crippen LogP contribution >= 0.6 is 0 Å². The molecule has 3 rings (SSSR count). The van der Waals surface area contributed by atoms with Crippen molar-refractivity contribution in [2.75, 3.05) is 5.32 Å². The molecule has 0 radical (unpaired) electrons. The number of carbonyl (C=O) groups is 1. The number of aromatic amines is 1. The summed E-state index contributed by atoms with van der Waals surface area (Å²) in [4.78, 5) is 18.3. The molecule has 0 saturated carbocycles. The van der Waals surface area contributed by atoms with Crippen molar-refractivity contribution >= 4 is 12.2 Å². The molecule has 0 aliphatic heterocycles. The van der Waals surface area contributed by atoms with Gasteiger partial charge in [-0.3, -0.25) is 4.79 Å². The van der Waals surface area contributed by atoms with Gasteiger partial charge in [0, 0.05) is 11.1 Å². The molecule has 1 amide bonds. The van der Waals surface area contributed by atoms with E-state index in [-0.39, 0.29) is 5.82 Å². The molecule has 0 bridgehead atoms. The Bertz CT molecular complexity index is 751. The standard InChI is InChI=1S/C16H12FN3O/c17-13-8-6-12(7-9-13)15-19-14(16(20-15)18-10-21)11-4-2-1-3-5-11/h1-10H,(H,18,21)(H,19,20). The smallest absolute Gasteiger partial charge is 0.212 e. The Morgan fingerprint density at radius 1 is 1.00 bits per heavy atom. The van der Waals surface area contributed by atoms with Crippen LogP contribution in [0.1, 0.15) is 0 Å². The zero-order chi connectivity index (χ0) is 14.7. The average Bonchev–Trinajstić information content (AvgIpc) is 2.93. The highest BCUT2D eigenvalue weighted by Crippen LogP contribution is 2.29. The van der Waals surface area contributed by atoms with Gasteiger partial charge < -0.3 is 10.3 Å². The van der Waals surface area contributed by atoms with E-state index in [0.717, 1.165) is 11.1 Å². The summed E-state index contributed by atoms with van der Waals surface area (Å²) in [5, 5.41) is 2.58. The van der Waals surface area contributed by atoms with Gasteiger partial charge in [0.15, 0.2) is 5.82 Å². The second-order valence-corrected chi connectivity index (χ2v) is 4.44. The molecule has 1 aromatic heterocycles. The van der Waals surface area contributed by atoms with Crippen LogP contribution in [0, 0.1) is 5.82 Å². The molecule has 0 aliphatic carbocycles. The van der Waals surface area contributed by atoms with Crippen LogP contribution in [0.3, 0.4) is 0 Å². The van der Waals surface area contributed by atoms with Crippen molar-refractivity contribution in [3.8, 4) is 22.6 Å². The lowest BCUT2D eigenvalue weighted by Crippen LogP contribution is -1.95. The summed E-state index contributed by atoms with van der Waals surface area (Å²) in [5.41, 5.74) is 2.36.